The Labute approximate surface area is 144 Å². The van der Waals surface area contributed by atoms with E-state index in [1.54, 1.807) is 0 Å². The highest BCUT2D eigenvalue weighted by atomic mass is 35.5. The smallest absolute Gasteiger partial charge is 0.225 e. The minimum atomic E-state index is 0. The highest BCUT2D eigenvalue weighted by Crippen LogP contribution is 2.10. The molecule has 0 aliphatic carbocycles. The quantitative estimate of drug-likeness (QED) is 0.829. The van der Waals surface area contributed by atoms with E-state index in [0.29, 0.717) is 6.54 Å². The molecular weight excluding hydrogens is 312 g/mol. The molecule has 0 bridgehead atoms. The van der Waals surface area contributed by atoms with Crippen molar-refractivity contribution in [2.24, 2.45) is 5.92 Å². The van der Waals surface area contributed by atoms with Gasteiger partial charge in [0.05, 0.1) is 5.92 Å². The van der Waals surface area contributed by atoms with Crippen LogP contribution in [0.15, 0.2) is 24.3 Å². The molecule has 0 saturated carbocycles. The first-order valence-electron chi connectivity index (χ1n) is 8.18. The molecule has 128 valence electrons. The number of carbonyl (C=O) groups excluding carboxylic acids is 1. The van der Waals surface area contributed by atoms with Gasteiger partial charge in [0.2, 0.25) is 5.91 Å². The molecule has 0 unspecified atom stereocenters. The summed E-state index contributed by atoms with van der Waals surface area (Å²) in [7, 11) is 2.18. The van der Waals surface area contributed by atoms with Crippen LogP contribution >= 0.6 is 12.4 Å². The molecule has 0 atom stereocenters. The third kappa shape index (κ3) is 5.18. The first kappa shape index (κ1) is 18.2. The van der Waals surface area contributed by atoms with Crippen molar-refractivity contribution in [1.29, 1.82) is 0 Å². The van der Waals surface area contributed by atoms with E-state index in [1.807, 2.05) is 0 Å². The first-order chi connectivity index (χ1) is 10.7. The maximum atomic E-state index is 11.8. The predicted molar refractivity (Wildman–Crippen MR) is 94.7 cm³/mol. The molecule has 1 aromatic rings. The summed E-state index contributed by atoms with van der Waals surface area (Å²) < 4.78 is 0. The summed E-state index contributed by atoms with van der Waals surface area (Å²) >= 11 is 0. The fourth-order valence-corrected chi connectivity index (χ4v) is 2.83. The summed E-state index contributed by atoms with van der Waals surface area (Å²) in [6.07, 6.45) is 0. The van der Waals surface area contributed by atoms with Gasteiger partial charge in [-0.05, 0) is 18.2 Å². The SMILES string of the molecule is CN1CCN(Cc2ccc(CNC(=O)C3CNC3)cc2)CC1.Cl. The van der Waals surface area contributed by atoms with E-state index >= 15 is 0 Å². The number of rotatable bonds is 5. The summed E-state index contributed by atoms with van der Waals surface area (Å²) in [5.74, 6) is 0.330. The molecule has 1 aromatic carbocycles. The standard InChI is InChI=1S/C17H26N4O.ClH/c1-20-6-8-21(9-7-20)13-15-4-2-14(3-5-15)10-19-17(22)16-11-18-12-16;/h2-5,16,18H,6-13H2,1H3,(H,19,22);1H. The van der Waals surface area contributed by atoms with Crippen LogP contribution in [0, 0.1) is 5.92 Å². The Morgan fingerprint density at radius 2 is 1.74 bits per heavy atom. The lowest BCUT2D eigenvalue weighted by Crippen LogP contribution is -2.50. The van der Waals surface area contributed by atoms with Gasteiger partial charge >= 0.3 is 0 Å². The minimum Gasteiger partial charge on any atom is -0.352 e. The maximum Gasteiger partial charge on any atom is 0.225 e. The zero-order chi connectivity index (χ0) is 15.4. The molecule has 2 heterocycles. The van der Waals surface area contributed by atoms with E-state index in [2.05, 4.69) is 51.7 Å². The van der Waals surface area contributed by atoms with Gasteiger partial charge in [-0.2, -0.15) is 0 Å². The Bertz CT molecular complexity index is 496. The van der Waals surface area contributed by atoms with E-state index < -0.39 is 0 Å². The number of halogens is 1. The summed E-state index contributed by atoms with van der Waals surface area (Å²) in [5, 5.41) is 6.13. The Morgan fingerprint density at radius 3 is 2.30 bits per heavy atom. The van der Waals surface area contributed by atoms with Crippen LogP contribution in [0.2, 0.25) is 0 Å². The number of carbonyl (C=O) groups is 1. The zero-order valence-electron chi connectivity index (χ0n) is 13.8. The molecule has 0 radical (unpaired) electrons. The molecule has 2 aliphatic heterocycles. The number of hydrogen-bond acceptors (Lipinski definition) is 4. The lowest BCUT2D eigenvalue weighted by Gasteiger charge is -2.32. The second-order valence-corrected chi connectivity index (χ2v) is 6.47. The van der Waals surface area contributed by atoms with Gasteiger partial charge in [-0.25, -0.2) is 0 Å². The molecule has 3 rings (SSSR count). The van der Waals surface area contributed by atoms with E-state index in [4.69, 9.17) is 0 Å². The first-order valence-corrected chi connectivity index (χ1v) is 8.18. The van der Waals surface area contributed by atoms with Crippen LogP contribution in [0.25, 0.3) is 0 Å². The molecule has 2 aliphatic rings. The molecule has 6 heteroatoms. The molecule has 5 nitrogen and oxygen atoms in total. The Morgan fingerprint density at radius 1 is 1.13 bits per heavy atom. The van der Waals surface area contributed by atoms with Crippen LogP contribution in [-0.2, 0) is 17.9 Å². The second-order valence-electron chi connectivity index (χ2n) is 6.47. The third-order valence-electron chi connectivity index (χ3n) is 4.64. The molecule has 0 aromatic heterocycles. The number of amides is 1. The molecular formula is C17H27ClN4O. The number of benzene rings is 1. The lowest BCUT2D eigenvalue weighted by atomic mass is 10.0. The van der Waals surface area contributed by atoms with E-state index in [0.717, 1.165) is 45.8 Å². The van der Waals surface area contributed by atoms with Crippen LogP contribution in [0.4, 0.5) is 0 Å². The molecule has 0 spiro atoms. The van der Waals surface area contributed by atoms with Crippen LogP contribution < -0.4 is 10.6 Å². The van der Waals surface area contributed by atoms with Crippen molar-refractivity contribution >= 4 is 18.3 Å². The summed E-state index contributed by atoms with van der Waals surface area (Å²) in [4.78, 5) is 16.7. The van der Waals surface area contributed by atoms with Gasteiger partial charge in [0.25, 0.3) is 0 Å². The molecule has 1 amide bonds. The van der Waals surface area contributed by atoms with Gasteiger partial charge in [0.1, 0.15) is 0 Å². The lowest BCUT2D eigenvalue weighted by molar-refractivity contribution is -0.126. The maximum absolute atomic E-state index is 11.8. The predicted octanol–water partition coefficient (Wildman–Crippen LogP) is 0.691. The van der Waals surface area contributed by atoms with E-state index in [9.17, 15) is 4.79 Å². The van der Waals surface area contributed by atoms with Crippen LogP contribution in [0.5, 0.6) is 0 Å². The van der Waals surface area contributed by atoms with Gasteiger partial charge in [-0.1, -0.05) is 24.3 Å². The fraction of sp³-hybridized carbons (Fsp3) is 0.588. The van der Waals surface area contributed by atoms with Gasteiger partial charge in [0, 0.05) is 52.4 Å². The van der Waals surface area contributed by atoms with Crippen molar-refractivity contribution in [2.75, 3.05) is 46.3 Å². The fourth-order valence-electron chi connectivity index (χ4n) is 2.83. The minimum absolute atomic E-state index is 0. The number of nitrogens with zero attached hydrogens (tertiary/aromatic N) is 2. The highest BCUT2D eigenvalue weighted by molar-refractivity contribution is 5.85. The van der Waals surface area contributed by atoms with E-state index in [1.165, 1.54) is 11.1 Å². The summed E-state index contributed by atoms with van der Waals surface area (Å²) in [6.45, 7) is 7.87. The largest absolute Gasteiger partial charge is 0.352 e. The molecule has 2 fully saturated rings. The van der Waals surface area contributed by atoms with Crippen molar-refractivity contribution in [3.63, 3.8) is 0 Å². The Balaban J connectivity index is 0.00000192. The second kappa shape index (κ2) is 8.64. The average molecular weight is 339 g/mol. The van der Waals surface area contributed by atoms with Crippen molar-refractivity contribution < 1.29 is 4.79 Å². The third-order valence-corrected chi connectivity index (χ3v) is 4.64. The highest BCUT2D eigenvalue weighted by Gasteiger charge is 2.24. The van der Waals surface area contributed by atoms with E-state index in [-0.39, 0.29) is 24.2 Å². The molecule has 23 heavy (non-hydrogen) atoms. The van der Waals surface area contributed by atoms with Gasteiger partial charge < -0.3 is 15.5 Å². The van der Waals surface area contributed by atoms with Crippen LogP contribution in [-0.4, -0.2) is 62.0 Å². The number of nitrogens with one attached hydrogen (secondary N) is 2. The summed E-state index contributed by atoms with van der Waals surface area (Å²) in [6, 6.07) is 8.63. The average Bonchev–Trinajstić information content (AvgIpc) is 2.47. The number of likely N-dealkylation sites (N-methyl/N-ethyl adjacent to an activating group) is 1. The normalized spacial score (nSPS) is 19.7. The monoisotopic (exact) mass is 338 g/mol. The van der Waals surface area contributed by atoms with Gasteiger partial charge in [0.15, 0.2) is 0 Å². The zero-order valence-corrected chi connectivity index (χ0v) is 14.6. The Kier molecular flexibility index (Phi) is 6.84. The van der Waals surface area contributed by atoms with Crippen LogP contribution in [0.1, 0.15) is 11.1 Å². The molecule has 2 saturated heterocycles. The Hall–Kier alpha value is -1.14. The van der Waals surface area contributed by atoms with Crippen molar-refractivity contribution in [2.45, 2.75) is 13.1 Å². The number of hydrogen-bond donors (Lipinski definition) is 2. The van der Waals surface area contributed by atoms with Crippen molar-refractivity contribution in [3.8, 4) is 0 Å². The van der Waals surface area contributed by atoms with Crippen molar-refractivity contribution in [1.82, 2.24) is 20.4 Å². The number of piperazine rings is 1. The van der Waals surface area contributed by atoms with Crippen LogP contribution in [0.3, 0.4) is 0 Å². The van der Waals surface area contributed by atoms with Gasteiger partial charge in [-0.15, -0.1) is 12.4 Å². The van der Waals surface area contributed by atoms with Gasteiger partial charge in [-0.3, -0.25) is 9.69 Å². The molecule has 2 N–H and O–H groups in total. The van der Waals surface area contributed by atoms with Crippen molar-refractivity contribution in [3.05, 3.63) is 35.4 Å². The summed E-state index contributed by atoms with van der Waals surface area (Å²) in [5.41, 5.74) is 2.52. The topological polar surface area (TPSA) is 47.6 Å².